The van der Waals surface area contributed by atoms with Crippen LogP contribution in [0.25, 0.3) is 0 Å². The van der Waals surface area contributed by atoms with Gasteiger partial charge in [-0.3, -0.25) is 4.79 Å². The standard InChI is InChI=1S/C32H50NO3/c1-5-6-7-8-9-10-11-13-17-29-20-16-21-31(26-29)35-24-25-36-32(34)28(2)22-23-33(3,4)27-30-18-14-12-15-19-30/h12,14-16,18-21,26,28H,5-11,13,17,22-25,27H2,1-4H3/q+1. The van der Waals surface area contributed by atoms with E-state index in [0.29, 0.717) is 6.61 Å². The Morgan fingerprint density at radius 3 is 2.22 bits per heavy atom. The minimum Gasteiger partial charge on any atom is -0.490 e. The quantitative estimate of drug-likeness (QED) is 0.114. The van der Waals surface area contributed by atoms with Crippen LogP contribution < -0.4 is 4.74 Å². The molecule has 1 atom stereocenters. The molecule has 4 nitrogen and oxygen atoms in total. The number of nitrogens with zero attached hydrogens (tertiary/aromatic N) is 1. The largest absolute Gasteiger partial charge is 0.490 e. The van der Waals surface area contributed by atoms with E-state index in [-0.39, 0.29) is 18.5 Å². The zero-order valence-corrected chi connectivity index (χ0v) is 23.3. The summed E-state index contributed by atoms with van der Waals surface area (Å²) in [6.07, 6.45) is 12.6. The molecule has 4 heteroatoms. The summed E-state index contributed by atoms with van der Waals surface area (Å²) in [5.74, 6) is 0.603. The average molecular weight is 497 g/mol. The number of carbonyl (C=O) groups is 1. The third-order valence-electron chi connectivity index (χ3n) is 6.84. The van der Waals surface area contributed by atoms with Crippen molar-refractivity contribution in [3.8, 4) is 5.75 Å². The van der Waals surface area contributed by atoms with Crippen LogP contribution in [0.3, 0.4) is 0 Å². The third-order valence-corrected chi connectivity index (χ3v) is 6.84. The molecule has 2 rings (SSSR count). The number of quaternary nitrogens is 1. The molecule has 0 aliphatic rings. The van der Waals surface area contributed by atoms with Gasteiger partial charge in [-0.15, -0.1) is 0 Å². The molecule has 36 heavy (non-hydrogen) atoms. The van der Waals surface area contributed by atoms with Crippen LogP contribution in [0.1, 0.15) is 82.8 Å². The normalized spacial score (nSPS) is 12.3. The van der Waals surface area contributed by atoms with Crippen molar-refractivity contribution in [1.82, 2.24) is 0 Å². The van der Waals surface area contributed by atoms with Crippen molar-refractivity contribution in [3.63, 3.8) is 0 Å². The predicted molar refractivity (Wildman–Crippen MR) is 150 cm³/mol. The minimum atomic E-state index is -0.137. The molecule has 2 aromatic rings. The summed E-state index contributed by atoms with van der Waals surface area (Å²) in [7, 11) is 4.42. The van der Waals surface area contributed by atoms with Gasteiger partial charge in [-0.25, -0.2) is 0 Å². The van der Waals surface area contributed by atoms with Gasteiger partial charge in [-0.2, -0.15) is 0 Å². The Morgan fingerprint density at radius 2 is 1.50 bits per heavy atom. The van der Waals surface area contributed by atoms with E-state index in [2.05, 4.69) is 63.5 Å². The molecule has 0 spiro atoms. The van der Waals surface area contributed by atoms with Crippen molar-refractivity contribution in [3.05, 3.63) is 65.7 Å². The molecule has 0 heterocycles. The zero-order valence-electron chi connectivity index (χ0n) is 23.3. The molecule has 0 radical (unpaired) electrons. The van der Waals surface area contributed by atoms with Crippen molar-refractivity contribution < 1.29 is 18.8 Å². The summed E-state index contributed by atoms with van der Waals surface area (Å²) in [6.45, 7) is 6.77. The lowest BCUT2D eigenvalue weighted by Gasteiger charge is -2.30. The van der Waals surface area contributed by atoms with E-state index in [9.17, 15) is 4.79 Å². The van der Waals surface area contributed by atoms with Crippen molar-refractivity contribution in [2.75, 3.05) is 33.9 Å². The van der Waals surface area contributed by atoms with E-state index in [4.69, 9.17) is 9.47 Å². The number of hydrogen-bond donors (Lipinski definition) is 0. The van der Waals surface area contributed by atoms with Crippen LogP contribution in [0.2, 0.25) is 0 Å². The van der Waals surface area contributed by atoms with E-state index in [1.165, 1.54) is 62.5 Å². The first-order chi connectivity index (χ1) is 17.4. The summed E-state index contributed by atoms with van der Waals surface area (Å²) in [5.41, 5.74) is 2.64. The molecular formula is C32H50NO3+. The number of carbonyl (C=O) groups excluding carboxylic acids is 1. The van der Waals surface area contributed by atoms with Crippen LogP contribution in [-0.4, -0.2) is 44.3 Å². The van der Waals surface area contributed by atoms with Gasteiger partial charge in [0.15, 0.2) is 0 Å². The van der Waals surface area contributed by atoms with Crippen LogP contribution >= 0.6 is 0 Å². The predicted octanol–water partition coefficient (Wildman–Crippen LogP) is 7.59. The molecule has 0 saturated heterocycles. The molecule has 0 N–H and O–H groups in total. The highest BCUT2D eigenvalue weighted by Crippen LogP contribution is 2.17. The van der Waals surface area contributed by atoms with Crippen LogP contribution in [0.4, 0.5) is 0 Å². The van der Waals surface area contributed by atoms with Crippen LogP contribution in [0, 0.1) is 5.92 Å². The number of benzene rings is 2. The van der Waals surface area contributed by atoms with E-state index < -0.39 is 0 Å². The fourth-order valence-electron chi connectivity index (χ4n) is 4.52. The highest BCUT2D eigenvalue weighted by atomic mass is 16.6. The molecule has 0 aliphatic carbocycles. The Labute approximate surface area is 220 Å². The monoisotopic (exact) mass is 496 g/mol. The van der Waals surface area contributed by atoms with Crippen LogP contribution in [0.5, 0.6) is 5.75 Å². The second-order valence-electron chi connectivity index (χ2n) is 10.9. The molecule has 0 saturated carbocycles. The van der Waals surface area contributed by atoms with Gasteiger partial charge in [0.25, 0.3) is 0 Å². The Balaban J connectivity index is 1.59. The number of esters is 1. The molecule has 200 valence electrons. The van der Waals surface area contributed by atoms with Gasteiger partial charge in [-0.05, 0) is 30.5 Å². The average Bonchev–Trinajstić information content (AvgIpc) is 2.87. The molecule has 0 aromatic heterocycles. The number of ether oxygens (including phenoxy) is 2. The maximum Gasteiger partial charge on any atom is 0.308 e. The minimum absolute atomic E-state index is 0.117. The Bertz CT molecular complexity index is 849. The van der Waals surface area contributed by atoms with Gasteiger partial charge in [0, 0.05) is 12.0 Å². The molecule has 1 unspecified atom stereocenters. The number of aryl methyl sites for hydroxylation is 1. The molecule has 0 amide bonds. The first-order valence-electron chi connectivity index (χ1n) is 14.1. The molecule has 0 bridgehead atoms. The van der Waals surface area contributed by atoms with Crippen molar-refractivity contribution in [2.24, 2.45) is 5.92 Å². The lowest BCUT2D eigenvalue weighted by atomic mass is 10.0. The molecular weight excluding hydrogens is 446 g/mol. The maximum absolute atomic E-state index is 12.4. The first-order valence-corrected chi connectivity index (χ1v) is 14.1. The Kier molecular flexibility index (Phi) is 14.3. The molecule has 0 aliphatic heterocycles. The van der Waals surface area contributed by atoms with Gasteiger partial charge in [0.2, 0.25) is 0 Å². The second kappa shape index (κ2) is 17.2. The van der Waals surface area contributed by atoms with E-state index in [0.717, 1.165) is 36.2 Å². The zero-order chi connectivity index (χ0) is 26.1. The van der Waals surface area contributed by atoms with E-state index in [1.54, 1.807) is 0 Å². The number of rotatable bonds is 19. The third kappa shape index (κ3) is 13.1. The summed E-state index contributed by atoms with van der Waals surface area (Å²) in [6, 6.07) is 18.8. The summed E-state index contributed by atoms with van der Waals surface area (Å²) in [4.78, 5) is 12.4. The highest BCUT2D eigenvalue weighted by Gasteiger charge is 2.21. The summed E-state index contributed by atoms with van der Waals surface area (Å²) < 4.78 is 12.2. The number of unbranched alkanes of at least 4 members (excludes halogenated alkanes) is 7. The summed E-state index contributed by atoms with van der Waals surface area (Å²) in [5, 5.41) is 0. The number of hydrogen-bond acceptors (Lipinski definition) is 3. The highest BCUT2D eigenvalue weighted by molar-refractivity contribution is 5.71. The van der Waals surface area contributed by atoms with Crippen molar-refractivity contribution in [1.29, 1.82) is 0 Å². The Morgan fingerprint density at radius 1 is 0.833 bits per heavy atom. The van der Waals surface area contributed by atoms with Gasteiger partial charge in [0.05, 0.1) is 26.6 Å². The van der Waals surface area contributed by atoms with Gasteiger partial charge in [0.1, 0.15) is 25.5 Å². The maximum atomic E-state index is 12.4. The second-order valence-corrected chi connectivity index (χ2v) is 10.9. The van der Waals surface area contributed by atoms with E-state index >= 15 is 0 Å². The first kappa shape index (κ1) is 29.9. The lowest BCUT2D eigenvalue weighted by molar-refractivity contribution is -0.904. The summed E-state index contributed by atoms with van der Waals surface area (Å²) >= 11 is 0. The Hall–Kier alpha value is -2.33. The van der Waals surface area contributed by atoms with Gasteiger partial charge in [-0.1, -0.05) is 101 Å². The SMILES string of the molecule is CCCCCCCCCCc1cccc(OCCOC(=O)C(C)CC[N+](C)(C)Cc2ccccc2)c1. The molecule has 0 fully saturated rings. The van der Waals surface area contributed by atoms with Gasteiger partial charge >= 0.3 is 5.97 Å². The molecule has 2 aromatic carbocycles. The topological polar surface area (TPSA) is 35.5 Å². The smallest absolute Gasteiger partial charge is 0.308 e. The van der Waals surface area contributed by atoms with Gasteiger partial charge < -0.3 is 14.0 Å². The lowest BCUT2D eigenvalue weighted by Crippen LogP contribution is -2.40. The fourth-order valence-corrected chi connectivity index (χ4v) is 4.52. The van der Waals surface area contributed by atoms with Crippen molar-refractivity contribution >= 4 is 5.97 Å². The van der Waals surface area contributed by atoms with E-state index in [1.807, 2.05) is 19.1 Å². The fraction of sp³-hybridized carbons (Fsp3) is 0.594. The van der Waals surface area contributed by atoms with Crippen molar-refractivity contribution in [2.45, 2.75) is 84.6 Å². The van der Waals surface area contributed by atoms with Crippen LogP contribution in [0.15, 0.2) is 54.6 Å². The van der Waals surface area contributed by atoms with Crippen LogP contribution in [-0.2, 0) is 22.5 Å².